The third-order valence-corrected chi connectivity index (χ3v) is 5.78. The number of hydrogen-bond donors (Lipinski definition) is 1. The second-order valence-electron chi connectivity index (χ2n) is 8.18. The Kier molecular flexibility index (Phi) is 6.72. The van der Waals surface area contributed by atoms with Crippen molar-refractivity contribution in [2.24, 2.45) is 0 Å². The molecule has 1 saturated heterocycles. The molecule has 0 bridgehead atoms. The van der Waals surface area contributed by atoms with Crippen molar-refractivity contribution < 1.29 is 13.9 Å². The molecule has 33 heavy (non-hydrogen) atoms. The van der Waals surface area contributed by atoms with Crippen molar-refractivity contribution in [3.8, 4) is 11.6 Å². The molecule has 1 aromatic heterocycles. The fraction of sp³-hybridized carbons (Fsp3) is 0.320. The maximum Gasteiger partial charge on any atom is 0.322 e. The number of piperazine rings is 1. The molecule has 4 rings (SSSR count). The largest absolute Gasteiger partial charge is 0.436 e. The number of hydrogen-bond acceptors (Lipinski definition) is 5. The lowest BCUT2D eigenvalue weighted by atomic mass is 10.1. The number of anilines is 2. The van der Waals surface area contributed by atoms with Crippen LogP contribution in [-0.2, 0) is 6.42 Å². The fourth-order valence-electron chi connectivity index (χ4n) is 3.97. The summed E-state index contributed by atoms with van der Waals surface area (Å²) in [5, 5.41) is 3.05. The molecule has 1 fully saturated rings. The third kappa shape index (κ3) is 5.22. The van der Waals surface area contributed by atoms with Crippen LogP contribution in [-0.4, -0.2) is 46.6 Å². The maximum absolute atomic E-state index is 14.1. The van der Waals surface area contributed by atoms with Crippen LogP contribution >= 0.6 is 0 Å². The smallest absolute Gasteiger partial charge is 0.322 e. The topological polar surface area (TPSA) is 70.6 Å². The average molecular weight is 450 g/mol. The fourth-order valence-corrected chi connectivity index (χ4v) is 3.97. The number of rotatable bonds is 5. The van der Waals surface area contributed by atoms with Crippen LogP contribution in [0.15, 0.2) is 54.9 Å². The van der Waals surface area contributed by atoms with Gasteiger partial charge in [-0.1, -0.05) is 31.2 Å². The van der Waals surface area contributed by atoms with Crippen molar-refractivity contribution in [3.63, 3.8) is 0 Å². The number of urea groups is 1. The monoisotopic (exact) mass is 449 g/mol. The van der Waals surface area contributed by atoms with Crippen molar-refractivity contribution in [1.82, 2.24) is 14.9 Å². The molecule has 1 aliphatic rings. The van der Waals surface area contributed by atoms with Gasteiger partial charge in [-0.25, -0.2) is 19.2 Å². The van der Waals surface area contributed by atoms with Crippen LogP contribution < -0.4 is 15.0 Å². The highest BCUT2D eigenvalue weighted by atomic mass is 19.1. The molecule has 1 atom stereocenters. The second-order valence-corrected chi connectivity index (χ2v) is 8.18. The molecule has 2 aromatic carbocycles. The number of carbonyl (C=O) groups excluding carboxylic acids is 1. The Morgan fingerprint density at radius 2 is 2.00 bits per heavy atom. The molecule has 7 nitrogen and oxygen atoms in total. The van der Waals surface area contributed by atoms with Gasteiger partial charge >= 0.3 is 6.03 Å². The Balaban J connectivity index is 1.42. The minimum Gasteiger partial charge on any atom is -0.436 e. The number of benzene rings is 2. The van der Waals surface area contributed by atoms with Crippen molar-refractivity contribution in [2.75, 3.05) is 29.9 Å². The van der Waals surface area contributed by atoms with Crippen LogP contribution in [0.2, 0.25) is 0 Å². The van der Waals surface area contributed by atoms with Crippen molar-refractivity contribution in [1.29, 1.82) is 0 Å². The quantitative estimate of drug-likeness (QED) is 0.592. The Labute approximate surface area is 193 Å². The van der Waals surface area contributed by atoms with Crippen LogP contribution in [0.4, 0.5) is 20.7 Å². The first-order chi connectivity index (χ1) is 15.9. The molecule has 0 spiro atoms. The van der Waals surface area contributed by atoms with Crippen molar-refractivity contribution >= 4 is 17.5 Å². The summed E-state index contributed by atoms with van der Waals surface area (Å²) in [6, 6.07) is 14.1. The van der Waals surface area contributed by atoms with Gasteiger partial charge in [-0.3, -0.25) is 0 Å². The standard InChI is InChI=1S/C25H28FN5O2/c1-4-19-7-5-6-8-21(19)29-25(32)31-12-11-30(15-18(31)3)23-14-24(28-16-27-23)33-22-13-17(2)9-10-20(22)26/h5-10,13-14,16,18H,4,11-12,15H2,1-3H3,(H,29,32)/t18-/m1/s1. The lowest BCUT2D eigenvalue weighted by molar-refractivity contribution is 0.184. The number of para-hydroxylation sites is 1. The summed E-state index contributed by atoms with van der Waals surface area (Å²) < 4.78 is 19.7. The molecule has 0 radical (unpaired) electrons. The van der Waals surface area contributed by atoms with Crippen LogP contribution in [0.5, 0.6) is 11.6 Å². The van der Waals surface area contributed by atoms with Gasteiger partial charge in [-0.05, 0) is 49.6 Å². The zero-order valence-electron chi connectivity index (χ0n) is 19.1. The van der Waals surface area contributed by atoms with E-state index in [4.69, 9.17) is 4.74 Å². The SMILES string of the molecule is CCc1ccccc1NC(=O)N1CCN(c2cc(Oc3cc(C)ccc3F)ncn2)C[C@H]1C. The first-order valence-corrected chi connectivity index (χ1v) is 11.1. The Morgan fingerprint density at radius 1 is 1.18 bits per heavy atom. The number of nitrogens with zero attached hydrogens (tertiary/aromatic N) is 4. The summed E-state index contributed by atoms with van der Waals surface area (Å²) >= 11 is 0. The number of nitrogens with one attached hydrogen (secondary N) is 1. The zero-order chi connectivity index (χ0) is 23.4. The predicted molar refractivity (Wildman–Crippen MR) is 126 cm³/mol. The van der Waals surface area contributed by atoms with Gasteiger partial charge in [0.1, 0.15) is 12.1 Å². The van der Waals surface area contributed by atoms with Gasteiger partial charge in [-0.15, -0.1) is 0 Å². The van der Waals surface area contributed by atoms with E-state index < -0.39 is 5.82 Å². The first kappa shape index (κ1) is 22.5. The number of halogens is 1. The summed E-state index contributed by atoms with van der Waals surface area (Å²) in [6.07, 6.45) is 2.26. The normalized spacial score (nSPS) is 15.9. The number of aromatic nitrogens is 2. The van der Waals surface area contributed by atoms with Gasteiger partial charge in [0, 0.05) is 37.4 Å². The molecule has 1 N–H and O–H groups in total. The molecular formula is C25H28FN5O2. The minimum absolute atomic E-state index is 0.0268. The van der Waals surface area contributed by atoms with Gasteiger partial charge in [0.15, 0.2) is 11.6 Å². The first-order valence-electron chi connectivity index (χ1n) is 11.1. The Hall–Kier alpha value is -3.68. The zero-order valence-corrected chi connectivity index (χ0v) is 19.1. The summed E-state index contributed by atoms with van der Waals surface area (Å²) in [7, 11) is 0. The maximum atomic E-state index is 14.1. The lowest BCUT2D eigenvalue weighted by Gasteiger charge is -2.40. The van der Waals surface area contributed by atoms with E-state index in [-0.39, 0.29) is 23.7 Å². The van der Waals surface area contributed by atoms with E-state index in [1.54, 1.807) is 18.2 Å². The number of carbonyl (C=O) groups is 1. The Morgan fingerprint density at radius 3 is 2.79 bits per heavy atom. The van der Waals surface area contributed by atoms with E-state index in [0.29, 0.717) is 25.5 Å². The van der Waals surface area contributed by atoms with E-state index in [0.717, 1.165) is 23.2 Å². The summed E-state index contributed by atoms with van der Waals surface area (Å²) in [4.78, 5) is 25.3. The van der Waals surface area contributed by atoms with Crippen LogP contribution in [0.1, 0.15) is 25.0 Å². The molecule has 2 heterocycles. The van der Waals surface area contributed by atoms with Crippen molar-refractivity contribution in [2.45, 2.75) is 33.2 Å². The number of aryl methyl sites for hydroxylation is 2. The van der Waals surface area contributed by atoms with E-state index >= 15 is 0 Å². The molecule has 8 heteroatoms. The highest BCUT2D eigenvalue weighted by Crippen LogP contribution is 2.27. The molecular weight excluding hydrogens is 421 g/mol. The molecule has 0 aliphatic carbocycles. The van der Waals surface area contributed by atoms with Gasteiger partial charge in [-0.2, -0.15) is 0 Å². The number of ether oxygens (including phenoxy) is 1. The highest BCUT2D eigenvalue weighted by molar-refractivity contribution is 5.90. The minimum atomic E-state index is -0.446. The van der Waals surface area contributed by atoms with E-state index in [1.807, 2.05) is 43.0 Å². The third-order valence-electron chi connectivity index (χ3n) is 5.78. The lowest BCUT2D eigenvalue weighted by Crippen LogP contribution is -2.55. The molecule has 3 aromatic rings. The van der Waals surface area contributed by atoms with Gasteiger partial charge in [0.25, 0.3) is 0 Å². The average Bonchev–Trinajstić information content (AvgIpc) is 2.82. The molecule has 0 unspecified atom stereocenters. The van der Waals surface area contributed by atoms with Crippen LogP contribution in [0, 0.1) is 12.7 Å². The van der Waals surface area contributed by atoms with Gasteiger partial charge < -0.3 is 19.9 Å². The van der Waals surface area contributed by atoms with Gasteiger partial charge in [0.05, 0.1) is 0 Å². The van der Waals surface area contributed by atoms with E-state index in [2.05, 4.69) is 27.1 Å². The molecule has 172 valence electrons. The Bertz CT molecular complexity index is 1140. The molecule has 2 amide bonds. The van der Waals surface area contributed by atoms with Crippen LogP contribution in [0.3, 0.4) is 0 Å². The van der Waals surface area contributed by atoms with Crippen molar-refractivity contribution in [3.05, 3.63) is 71.8 Å². The second kappa shape index (κ2) is 9.85. The highest BCUT2D eigenvalue weighted by Gasteiger charge is 2.28. The molecule has 1 aliphatic heterocycles. The molecule has 0 saturated carbocycles. The van der Waals surface area contributed by atoms with E-state index in [9.17, 15) is 9.18 Å². The van der Waals surface area contributed by atoms with E-state index in [1.165, 1.54) is 12.4 Å². The predicted octanol–water partition coefficient (Wildman–Crippen LogP) is 5.02. The summed E-state index contributed by atoms with van der Waals surface area (Å²) in [6.45, 7) is 7.72. The summed E-state index contributed by atoms with van der Waals surface area (Å²) in [5.74, 6) is 0.630. The number of amides is 2. The summed E-state index contributed by atoms with van der Waals surface area (Å²) in [5.41, 5.74) is 2.85. The van der Waals surface area contributed by atoms with Crippen LogP contribution in [0.25, 0.3) is 0 Å². The van der Waals surface area contributed by atoms with Gasteiger partial charge in [0.2, 0.25) is 5.88 Å².